The summed E-state index contributed by atoms with van der Waals surface area (Å²) in [5.41, 5.74) is 1.64. The first-order valence-electron chi connectivity index (χ1n) is 7.02. The van der Waals surface area contributed by atoms with Crippen molar-refractivity contribution in [2.75, 3.05) is 13.1 Å². The molecule has 20 heavy (non-hydrogen) atoms. The summed E-state index contributed by atoms with van der Waals surface area (Å²) in [6, 6.07) is 4.62. The van der Waals surface area contributed by atoms with Gasteiger partial charge in [0.1, 0.15) is 5.82 Å². The van der Waals surface area contributed by atoms with Crippen LogP contribution in [0.2, 0.25) is 0 Å². The van der Waals surface area contributed by atoms with E-state index in [1.165, 1.54) is 25.0 Å². The summed E-state index contributed by atoms with van der Waals surface area (Å²) in [7, 11) is 0. The minimum Gasteiger partial charge on any atom is -0.339 e. The molecule has 1 fully saturated rings. The van der Waals surface area contributed by atoms with E-state index in [0.717, 1.165) is 25.1 Å². The summed E-state index contributed by atoms with van der Waals surface area (Å²) in [4.78, 5) is 4.40. The zero-order valence-electron chi connectivity index (χ0n) is 11.5. The van der Waals surface area contributed by atoms with Crippen molar-refractivity contribution in [1.29, 1.82) is 0 Å². The van der Waals surface area contributed by atoms with Gasteiger partial charge in [-0.15, -0.1) is 0 Å². The van der Waals surface area contributed by atoms with Crippen LogP contribution in [0.3, 0.4) is 0 Å². The first-order valence-corrected chi connectivity index (χ1v) is 7.02. The zero-order valence-corrected chi connectivity index (χ0v) is 11.5. The number of piperidine rings is 1. The SMILES string of the molecule is Cc1ccc(F)cc1-c1noc(CC2CCCNC2)n1. The van der Waals surface area contributed by atoms with Gasteiger partial charge in [-0.3, -0.25) is 0 Å². The van der Waals surface area contributed by atoms with Crippen molar-refractivity contribution in [3.63, 3.8) is 0 Å². The normalized spacial score (nSPS) is 19.2. The van der Waals surface area contributed by atoms with Crippen molar-refractivity contribution in [3.8, 4) is 11.4 Å². The fourth-order valence-electron chi connectivity index (χ4n) is 2.63. The van der Waals surface area contributed by atoms with Gasteiger partial charge in [0, 0.05) is 12.0 Å². The lowest BCUT2D eigenvalue weighted by Crippen LogP contribution is -2.30. The Bertz CT molecular complexity index is 591. The van der Waals surface area contributed by atoms with Crippen molar-refractivity contribution >= 4 is 0 Å². The Morgan fingerprint density at radius 3 is 3.15 bits per heavy atom. The topological polar surface area (TPSA) is 51.0 Å². The van der Waals surface area contributed by atoms with Gasteiger partial charge in [-0.25, -0.2) is 4.39 Å². The quantitative estimate of drug-likeness (QED) is 0.935. The lowest BCUT2D eigenvalue weighted by molar-refractivity contribution is 0.316. The number of benzene rings is 1. The molecule has 1 saturated heterocycles. The van der Waals surface area contributed by atoms with Gasteiger partial charge in [0.25, 0.3) is 0 Å². The third-order valence-electron chi connectivity index (χ3n) is 3.77. The minimum atomic E-state index is -0.284. The van der Waals surface area contributed by atoms with Crippen LogP contribution in [-0.4, -0.2) is 23.2 Å². The summed E-state index contributed by atoms with van der Waals surface area (Å²) < 4.78 is 18.6. The average Bonchev–Trinajstić information content (AvgIpc) is 2.91. The molecule has 1 atom stereocenters. The number of nitrogens with zero attached hydrogens (tertiary/aromatic N) is 2. The van der Waals surface area contributed by atoms with Crippen molar-refractivity contribution in [2.45, 2.75) is 26.2 Å². The predicted octanol–water partition coefficient (Wildman–Crippen LogP) is 2.73. The maximum atomic E-state index is 13.3. The smallest absolute Gasteiger partial charge is 0.227 e. The van der Waals surface area contributed by atoms with E-state index in [-0.39, 0.29) is 5.82 Å². The lowest BCUT2D eigenvalue weighted by Gasteiger charge is -2.20. The van der Waals surface area contributed by atoms with E-state index in [1.54, 1.807) is 6.07 Å². The molecule has 1 unspecified atom stereocenters. The summed E-state index contributed by atoms with van der Waals surface area (Å²) in [5, 5.41) is 7.35. The molecule has 0 bridgehead atoms. The van der Waals surface area contributed by atoms with Crippen molar-refractivity contribution in [2.24, 2.45) is 5.92 Å². The van der Waals surface area contributed by atoms with Gasteiger partial charge in [0.2, 0.25) is 11.7 Å². The molecule has 5 heteroatoms. The van der Waals surface area contributed by atoms with Gasteiger partial charge in [0.15, 0.2) is 0 Å². The van der Waals surface area contributed by atoms with Gasteiger partial charge in [-0.2, -0.15) is 4.98 Å². The second kappa shape index (κ2) is 5.71. The highest BCUT2D eigenvalue weighted by molar-refractivity contribution is 5.59. The Morgan fingerprint density at radius 2 is 2.35 bits per heavy atom. The van der Waals surface area contributed by atoms with Crippen LogP contribution in [0.25, 0.3) is 11.4 Å². The number of halogens is 1. The molecule has 106 valence electrons. The van der Waals surface area contributed by atoms with Crippen LogP contribution in [-0.2, 0) is 6.42 Å². The van der Waals surface area contributed by atoms with Gasteiger partial charge in [-0.05, 0) is 56.5 Å². The maximum absolute atomic E-state index is 13.3. The predicted molar refractivity (Wildman–Crippen MR) is 73.7 cm³/mol. The van der Waals surface area contributed by atoms with Gasteiger partial charge in [-0.1, -0.05) is 11.2 Å². The van der Waals surface area contributed by atoms with Crippen LogP contribution in [0.15, 0.2) is 22.7 Å². The molecule has 0 radical (unpaired) electrons. The molecule has 0 aliphatic carbocycles. The Hall–Kier alpha value is -1.75. The van der Waals surface area contributed by atoms with Crippen LogP contribution in [0.4, 0.5) is 4.39 Å². The second-order valence-corrected chi connectivity index (χ2v) is 5.39. The molecule has 1 aromatic carbocycles. The summed E-state index contributed by atoms with van der Waals surface area (Å²) in [5.74, 6) is 1.37. The van der Waals surface area contributed by atoms with Crippen LogP contribution >= 0.6 is 0 Å². The molecule has 1 aliphatic heterocycles. The molecule has 0 amide bonds. The number of hydrogen-bond donors (Lipinski definition) is 1. The van der Waals surface area contributed by atoms with Crippen LogP contribution < -0.4 is 5.32 Å². The summed E-state index contributed by atoms with van der Waals surface area (Å²) >= 11 is 0. The fourth-order valence-corrected chi connectivity index (χ4v) is 2.63. The molecule has 1 N–H and O–H groups in total. The molecule has 3 rings (SSSR count). The van der Waals surface area contributed by atoms with E-state index in [2.05, 4.69) is 15.5 Å². The van der Waals surface area contributed by atoms with Crippen LogP contribution in [0, 0.1) is 18.7 Å². The van der Waals surface area contributed by atoms with E-state index in [9.17, 15) is 4.39 Å². The van der Waals surface area contributed by atoms with E-state index >= 15 is 0 Å². The average molecular weight is 275 g/mol. The molecule has 2 heterocycles. The van der Waals surface area contributed by atoms with Gasteiger partial charge in [0.05, 0.1) is 0 Å². The highest BCUT2D eigenvalue weighted by Crippen LogP contribution is 2.23. The molecule has 4 nitrogen and oxygen atoms in total. The fraction of sp³-hybridized carbons (Fsp3) is 0.467. The van der Waals surface area contributed by atoms with Crippen LogP contribution in [0.1, 0.15) is 24.3 Å². The molecular weight excluding hydrogens is 257 g/mol. The molecule has 0 saturated carbocycles. The number of nitrogens with one attached hydrogen (secondary N) is 1. The van der Waals surface area contributed by atoms with E-state index < -0.39 is 0 Å². The second-order valence-electron chi connectivity index (χ2n) is 5.39. The number of aryl methyl sites for hydroxylation is 1. The molecule has 0 spiro atoms. The molecule has 1 aliphatic rings. The number of hydrogen-bond acceptors (Lipinski definition) is 4. The van der Waals surface area contributed by atoms with E-state index in [1.807, 2.05) is 6.92 Å². The van der Waals surface area contributed by atoms with Gasteiger partial charge < -0.3 is 9.84 Å². The first kappa shape index (κ1) is 13.2. The van der Waals surface area contributed by atoms with Crippen molar-refractivity contribution < 1.29 is 8.91 Å². The third-order valence-corrected chi connectivity index (χ3v) is 3.77. The molecule has 2 aromatic rings. The lowest BCUT2D eigenvalue weighted by atomic mass is 9.96. The highest BCUT2D eigenvalue weighted by atomic mass is 19.1. The Labute approximate surface area is 117 Å². The highest BCUT2D eigenvalue weighted by Gasteiger charge is 2.18. The maximum Gasteiger partial charge on any atom is 0.227 e. The van der Waals surface area contributed by atoms with Crippen molar-refractivity contribution in [3.05, 3.63) is 35.5 Å². The van der Waals surface area contributed by atoms with E-state index in [0.29, 0.717) is 23.2 Å². The minimum absolute atomic E-state index is 0.284. The summed E-state index contributed by atoms with van der Waals surface area (Å²) in [6.07, 6.45) is 3.16. The third kappa shape index (κ3) is 2.88. The molecule has 1 aromatic heterocycles. The number of rotatable bonds is 3. The number of aromatic nitrogens is 2. The largest absolute Gasteiger partial charge is 0.339 e. The Kier molecular flexibility index (Phi) is 3.78. The Balaban J connectivity index is 1.77. The zero-order chi connectivity index (χ0) is 13.9. The Morgan fingerprint density at radius 1 is 1.45 bits per heavy atom. The molecular formula is C15H18FN3O. The van der Waals surface area contributed by atoms with Crippen molar-refractivity contribution in [1.82, 2.24) is 15.5 Å². The monoisotopic (exact) mass is 275 g/mol. The standard InChI is InChI=1S/C15H18FN3O/c1-10-4-5-12(16)8-13(10)15-18-14(20-19-15)7-11-3-2-6-17-9-11/h4-5,8,11,17H,2-3,6-7,9H2,1H3. The first-order chi connectivity index (χ1) is 9.72. The van der Waals surface area contributed by atoms with E-state index in [4.69, 9.17) is 4.52 Å². The van der Waals surface area contributed by atoms with Gasteiger partial charge >= 0.3 is 0 Å². The van der Waals surface area contributed by atoms with Crippen LogP contribution in [0.5, 0.6) is 0 Å². The summed E-state index contributed by atoms with van der Waals surface area (Å²) in [6.45, 7) is 4.00.